The van der Waals surface area contributed by atoms with Crippen molar-refractivity contribution in [1.82, 2.24) is 25.3 Å². The van der Waals surface area contributed by atoms with Crippen molar-refractivity contribution in [1.29, 1.82) is 0 Å². The van der Waals surface area contributed by atoms with Gasteiger partial charge in [-0.3, -0.25) is 14.8 Å². The smallest absolute Gasteiger partial charge is 0.251 e. The summed E-state index contributed by atoms with van der Waals surface area (Å²) in [6.45, 7) is 6.65. The van der Waals surface area contributed by atoms with Crippen LogP contribution in [0.2, 0.25) is 0 Å². The van der Waals surface area contributed by atoms with Crippen molar-refractivity contribution in [3.8, 4) is 11.3 Å². The maximum atomic E-state index is 12.3. The van der Waals surface area contributed by atoms with Crippen LogP contribution in [0.1, 0.15) is 54.4 Å². The number of rotatable bonds is 8. The lowest BCUT2D eigenvalue weighted by Gasteiger charge is -2.16. The van der Waals surface area contributed by atoms with Gasteiger partial charge in [0.2, 0.25) is 0 Å². The molecule has 1 amide bonds. The van der Waals surface area contributed by atoms with Gasteiger partial charge in [-0.2, -0.15) is 13.5 Å². The number of carbonyl (C=O) groups excluding carboxylic acids is 1. The first-order valence-electron chi connectivity index (χ1n) is 11.7. The molecule has 0 saturated heterocycles. The summed E-state index contributed by atoms with van der Waals surface area (Å²) in [7, 11) is 1.63. The number of anilines is 1. The zero-order valence-corrected chi connectivity index (χ0v) is 21.9. The number of aromatic nitrogens is 4. The molecule has 0 spiro atoms. The molecule has 0 aliphatic carbocycles. The molecule has 0 saturated carbocycles. The van der Waals surface area contributed by atoms with E-state index >= 15 is 0 Å². The largest absolute Gasteiger partial charge is 0.387 e. The van der Waals surface area contributed by atoms with Crippen molar-refractivity contribution >= 4 is 36.1 Å². The second-order valence-corrected chi connectivity index (χ2v) is 8.91. The van der Waals surface area contributed by atoms with Crippen LogP contribution in [0, 0.1) is 5.92 Å². The third-order valence-corrected chi connectivity index (χ3v) is 6.08. The Kier molecular flexibility index (Phi) is 8.95. The van der Waals surface area contributed by atoms with E-state index in [1.807, 2.05) is 50.2 Å². The van der Waals surface area contributed by atoms with Gasteiger partial charge in [-0.25, -0.2) is 9.97 Å². The maximum Gasteiger partial charge on any atom is 0.251 e. The Morgan fingerprint density at radius 2 is 1.83 bits per heavy atom. The number of nitrogens with one attached hydrogen (secondary N) is 2. The van der Waals surface area contributed by atoms with Crippen molar-refractivity contribution in [3.05, 3.63) is 78.0 Å². The molecule has 4 aromatic rings. The van der Waals surface area contributed by atoms with E-state index in [1.165, 1.54) is 6.33 Å². The molecule has 1 unspecified atom stereocenters. The molecule has 4 rings (SSSR count). The number of benzene rings is 1. The van der Waals surface area contributed by atoms with Crippen LogP contribution in [0.15, 0.2) is 61.2 Å². The molecule has 0 aliphatic heterocycles. The number of aliphatic hydroxyl groups is 1. The predicted molar refractivity (Wildman–Crippen MR) is 147 cm³/mol. The van der Waals surface area contributed by atoms with Gasteiger partial charge in [0.1, 0.15) is 12.1 Å². The van der Waals surface area contributed by atoms with Crippen LogP contribution in [0.5, 0.6) is 0 Å². The lowest BCUT2D eigenvalue weighted by atomic mass is 9.96. The highest BCUT2D eigenvalue weighted by atomic mass is 32.1. The zero-order valence-electron chi connectivity index (χ0n) is 20.9. The second kappa shape index (κ2) is 11.9. The standard InChI is InChI=1S/C27H30N6O2.H2S/c1-16(2)26(34)22-9-8-18(14-30-22)23-12-24(33-15-32-23)31-13-17(3)19-6-5-7-20-21(27(35)28-4)10-11-29-25(19)20;/h5-12,14-17,26,34H,13H2,1-4H3,(H,28,35)(H,31,32,33);1H2/t17-,26?;/m1./s1. The molecule has 0 bridgehead atoms. The normalized spacial score (nSPS) is 12.6. The Hall–Kier alpha value is -3.56. The highest BCUT2D eigenvalue weighted by Gasteiger charge is 2.16. The number of hydrogen-bond acceptors (Lipinski definition) is 7. The van der Waals surface area contributed by atoms with Crippen LogP contribution in [-0.4, -0.2) is 44.5 Å². The molecular weight excluding hydrogens is 472 g/mol. The monoisotopic (exact) mass is 504 g/mol. The van der Waals surface area contributed by atoms with Crippen molar-refractivity contribution in [2.75, 3.05) is 18.9 Å². The van der Waals surface area contributed by atoms with E-state index in [4.69, 9.17) is 0 Å². The summed E-state index contributed by atoms with van der Waals surface area (Å²) in [5.74, 6) is 0.781. The summed E-state index contributed by atoms with van der Waals surface area (Å²) >= 11 is 0. The highest BCUT2D eigenvalue weighted by molar-refractivity contribution is 7.59. The van der Waals surface area contributed by atoms with Gasteiger partial charge in [0, 0.05) is 48.9 Å². The quantitative estimate of drug-likeness (QED) is 0.325. The van der Waals surface area contributed by atoms with Gasteiger partial charge in [-0.05, 0) is 29.7 Å². The Balaban J connectivity index is 0.00000361. The van der Waals surface area contributed by atoms with Crippen molar-refractivity contribution < 1.29 is 9.90 Å². The number of para-hydroxylation sites is 1. The molecule has 3 heterocycles. The average molecular weight is 505 g/mol. The van der Waals surface area contributed by atoms with E-state index in [2.05, 4.69) is 37.5 Å². The fourth-order valence-electron chi connectivity index (χ4n) is 3.98. The van der Waals surface area contributed by atoms with Crippen LogP contribution in [0.4, 0.5) is 5.82 Å². The highest BCUT2D eigenvalue weighted by Crippen LogP contribution is 2.27. The van der Waals surface area contributed by atoms with Gasteiger partial charge < -0.3 is 15.7 Å². The van der Waals surface area contributed by atoms with Gasteiger partial charge in [0.05, 0.1) is 28.6 Å². The summed E-state index contributed by atoms with van der Waals surface area (Å²) in [6, 6.07) is 13.3. The minimum atomic E-state index is -0.593. The Morgan fingerprint density at radius 3 is 2.53 bits per heavy atom. The first-order valence-corrected chi connectivity index (χ1v) is 11.7. The average Bonchev–Trinajstić information content (AvgIpc) is 2.90. The molecule has 188 valence electrons. The van der Waals surface area contributed by atoms with Crippen LogP contribution >= 0.6 is 13.5 Å². The number of pyridine rings is 2. The van der Waals surface area contributed by atoms with Crippen LogP contribution in [0.3, 0.4) is 0 Å². The lowest BCUT2D eigenvalue weighted by Crippen LogP contribution is -2.18. The number of carbonyl (C=O) groups is 1. The zero-order chi connectivity index (χ0) is 24.9. The van der Waals surface area contributed by atoms with Gasteiger partial charge in [0.25, 0.3) is 5.91 Å². The summed E-state index contributed by atoms with van der Waals surface area (Å²) in [5.41, 5.74) is 4.73. The summed E-state index contributed by atoms with van der Waals surface area (Å²) < 4.78 is 0. The lowest BCUT2D eigenvalue weighted by molar-refractivity contribution is 0.0964. The van der Waals surface area contributed by atoms with E-state index in [9.17, 15) is 9.90 Å². The van der Waals surface area contributed by atoms with Gasteiger partial charge in [-0.1, -0.05) is 39.0 Å². The van der Waals surface area contributed by atoms with Crippen LogP contribution in [-0.2, 0) is 0 Å². The molecule has 8 nitrogen and oxygen atoms in total. The van der Waals surface area contributed by atoms with E-state index < -0.39 is 6.10 Å². The SMILES string of the molecule is CNC(=O)c1ccnc2c([C@H](C)CNc3cc(-c4ccc(C(O)C(C)C)nc4)ncn3)cccc12.S. The number of hydrogen-bond donors (Lipinski definition) is 3. The summed E-state index contributed by atoms with van der Waals surface area (Å²) in [4.78, 5) is 30.0. The third-order valence-electron chi connectivity index (χ3n) is 6.08. The molecule has 0 fully saturated rings. The van der Waals surface area contributed by atoms with E-state index in [0.717, 1.165) is 27.7 Å². The van der Waals surface area contributed by atoms with E-state index in [-0.39, 0.29) is 31.2 Å². The Labute approximate surface area is 218 Å². The predicted octanol–water partition coefficient (Wildman–Crippen LogP) is 4.46. The van der Waals surface area contributed by atoms with Gasteiger partial charge in [0.15, 0.2) is 0 Å². The van der Waals surface area contributed by atoms with Crippen LogP contribution < -0.4 is 10.6 Å². The molecule has 1 aromatic carbocycles. The van der Waals surface area contributed by atoms with Crippen molar-refractivity contribution in [3.63, 3.8) is 0 Å². The molecule has 0 radical (unpaired) electrons. The summed E-state index contributed by atoms with van der Waals surface area (Å²) in [5, 5.41) is 17.1. The molecule has 36 heavy (non-hydrogen) atoms. The molecule has 3 N–H and O–H groups in total. The molecule has 3 aromatic heterocycles. The van der Waals surface area contributed by atoms with Gasteiger partial charge in [-0.15, -0.1) is 0 Å². The molecule has 9 heteroatoms. The first kappa shape index (κ1) is 27.0. The number of fused-ring (bicyclic) bond motifs is 1. The third kappa shape index (κ3) is 5.80. The number of amides is 1. The van der Waals surface area contributed by atoms with E-state index in [0.29, 0.717) is 23.6 Å². The fourth-order valence-corrected chi connectivity index (χ4v) is 3.98. The fraction of sp³-hybridized carbons (Fsp3) is 0.296. The maximum absolute atomic E-state index is 12.3. The minimum absolute atomic E-state index is 0. The molecule has 0 aliphatic rings. The summed E-state index contributed by atoms with van der Waals surface area (Å²) in [6.07, 6.45) is 4.33. The molecular formula is C27H32N6O2S. The molecule has 2 atom stereocenters. The van der Waals surface area contributed by atoms with E-state index in [1.54, 1.807) is 25.5 Å². The van der Waals surface area contributed by atoms with Crippen molar-refractivity contribution in [2.45, 2.75) is 32.8 Å². The van der Waals surface area contributed by atoms with Crippen LogP contribution in [0.25, 0.3) is 22.2 Å². The first-order chi connectivity index (χ1) is 16.9. The van der Waals surface area contributed by atoms with Gasteiger partial charge >= 0.3 is 0 Å². The Bertz CT molecular complexity index is 1330. The Morgan fingerprint density at radius 1 is 1.03 bits per heavy atom. The second-order valence-electron chi connectivity index (χ2n) is 8.91. The minimum Gasteiger partial charge on any atom is -0.387 e. The number of aliphatic hydroxyl groups excluding tert-OH is 1. The van der Waals surface area contributed by atoms with Crippen molar-refractivity contribution in [2.24, 2.45) is 5.92 Å². The number of nitrogens with zero attached hydrogens (tertiary/aromatic N) is 4. The topological polar surface area (TPSA) is 113 Å².